The van der Waals surface area contributed by atoms with Gasteiger partial charge >= 0.3 is 0 Å². The van der Waals surface area contributed by atoms with Gasteiger partial charge in [0.15, 0.2) is 0 Å². The Bertz CT molecular complexity index is 188. The summed E-state index contributed by atoms with van der Waals surface area (Å²) in [5.74, 6) is 0.121. The average Bonchev–Trinajstić information content (AvgIpc) is 2.12. The molecular weight excluding hydrogens is 176 g/mol. The minimum atomic E-state index is 0.121. The van der Waals surface area contributed by atoms with Gasteiger partial charge in [0.2, 0.25) is 5.91 Å². The fourth-order valence-electron chi connectivity index (χ4n) is 1.17. The highest BCUT2D eigenvalue weighted by molar-refractivity contribution is 5.87. The third kappa shape index (κ3) is 5.75. The van der Waals surface area contributed by atoms with Crippen LogP contribution in [0.25, 0.3) is 0 Å². The van der Waals surface area contributed by atoms with Crippen molar-refractivity contribution in [3.8, 4) is 0 Å². The van der Waals surface area contributed by atoms with Gasteiger partial charge < -0.3 is 9.80 Å². The van der Waals surface area contributed by atoms with E-state index in [1.54, 1.807) is 12.2 Å². The second-order valence-electron chi connectivity index (χ2n) is 3.63. The summed E-state index contributed by atoms with van der Waals surface area (Å²) in [4.78, 5) is 15.5. The maximum atomic E-state index is 11.6. The second kappa shape index (κ2) is 7.56. The molecule has 3 heteroatoms. The number of rotatable bonds is 6. The quantitative estimate of drug-likeness (QED) is 0.602. The van der Waals surface area contributed by atoms with E-state index in [0.717, 1.165) is 26.1 Å². The van der Waals surface area contributed by atoms with Crippen LogP contribution in [0.4, 0.5) is 0 Å². The Balaban J connectivity index is 4.06. The highest BCUT2D eigenvalue weighted by Crippen LogP contribution is 1.95. The molecule has 0 aromatic rings. The highest BCUT2D eigenvalue weighted by Gasteiger charge is 2.08. The van der Waals surface area contributed by atoms with Crippen molar-refractivity contribution in [3.63, 3.8) is 0 Å². The summed E-state index contributed by atoms with van der Waals surface area (Å²) in [6.07, 6.45) is 4.43. The van der Waals surface area contributed by atoms with Crippen LogP contribution in [0.2, 0.25) is 0 Å². The molecule has 0 spiro atoms. The van der Waals surface area contributed by atoms with Gasteiger partial charge in [0, 0.05) is 19.6 Å². The lowest BCUT2D eigenvalue weighted by Crippen LogP contribution is -2.36. The van der Waals surface area contributed by atoms with Crippen LogP contribution < -0.4 is 0 Å². The van der Waals surface area contributed by atoms with Crippen LogP contribution in [0.15, 0.2) is 12.2 Å². The first kappa shape index (κ1) is 13.2. The van der Waals surface area contributed by atoms with Crippen molar-refractivity contribution in [2.45, 2.75) is 20.3 Å². The molecule has 82 valence electrons. The molecule has 0 rings (SSSR count). The summed E-state index contributed by atoms with van der Waals surface area (Å²) in [5, 5.41) is 0. The first-order valence-electron chi connectivity index (χ1n) is 5.18. The maximum absolute atomic E-state index is 11.6. The van der Waals surface area contributed by atoms with Gasteiger partial charge in [-0.1, -0.05) is 13.0 Å². The van der Waals surface area contributed by atoms with E-state index in [1.807, 2.05) is 25.9 Å². The Labute approximate surface area is 87.4 Å². The maximum Gasteiger partial charge on any atom is 0.246 e. The van der Waals surface area contributed by atoms with Gasteiger partial charge in [-0.05, 0) is 33.5 Å². The van der Waals surface area contributed by atoms with E-state index in [4.69, 9.17) is 0 Å². The van der Waals surface area contributed by atoms with Crippen LogP contribution in [-0.4, -0.2) is 49.4 Å². The van der Waals surface area contributed by atoms with Crippen molar-refractivity contribution >= 4 is 5.91 Å². The van der Waals surface area contributed by atoms with Gasteiger partial charge in [-0.3, -0.25) is 4.79 Å². The van der Waals surface area contributed by atoms with E-state index >= 15 is 0 Å². The summed E-state index contributed by atoms with van der Waals surface area (Å²) < 4.78 is 0. The number of hydrogen-bond acceptors (Lipinski definition) is 2. The van der Waals surface area contributed by atoms with Gasteiger partial charge in [0.05, 0.1) is 0 Å². The third-order valence-electron chi connectivity index (χ3n) is 1.93. The van der Waals surface area contributed by atoms with Gasteiger partial charge in [-0.2, -0.15) is 0 Å². The van der Waals surface area contributed by atoms with Crippen molar-refractivity contribution in [3.05, 3.63) is 12.2 Å². The van der Waals surface area contributed by atoms with E-state index in [1.165, 1.54) is 0 Å². The molecule has 0 unspecified atom stereocenters. The molecule has 0 aromatic carbocycles. The van der Waals surface area contributed by atoms with E-state index in [0.29, 0.717) is 0 Å². The van der Waals surface area contributed by atoms with Gasteiger partial charge in [-0.25, -0.2) is 0 Å². The zero-order valence-electron chi connectivity index (χ0n) is 9.79. The summed E-state index contributed by atoms with van der Waals surface area (Å²) in [6, 6.07) is 0. The van der Waals surface area contributed by atoms with Crippen LogP contribution in [0, 0.1) is 0 Å². The Kier molecular flexibility index (Phi) is 7.11. The molecule has 0 fully saturated rings. The molecule has 0 atom stereocenters. The van der Waals surface area contributed by atoms with Crippen LogP contribution in [0.1, 0.15) is 20.3 Å². The minimum absolute atomic E-state index is 0.121. The SMILES string of the molecule is CC=CC(=O)N(CCC)CCN(C)C. The van der Waals surface area contributed by atoms with Crippen molar-refractivity contribution in [1.82, 2.24) is 9.80 Å². The molecular formula is C11H22N2O. The lowest BCUT2D eigenvalue weighted by atomic mass is 10.3. The fraction of sp³-hybridized carbons (Fsp3) is 0.727. The predicted octanol–water partition coefficient (Wildman–Crippen LogP) is 1.36. The molecule has 0 saturated carbocycles. The predicted molar refractivity (Wildman–Crippen MR) is 60.2 cm³/mol. The second-order valence-corrected chi connectivity index (χ2v) is 3.63. The van der Waals surface area contributed by atoms with Crippen LogP contribution >= 0.6 is 0 Å². The molecule has 3 nitrogen and oxygen atoms in total. The lowest BCUT2D eigenvalue weighted by molar-refractivity contribution is -0.126. The monoisotopic (exact) mass is 198 g/mol. The smallest absolute Gasteiger partial charge is 0.246 e. The Hall–Kier alpha value is -0.830. The van der Waals surface area contributed by atoms with Crippen molar-refractivity contribution in [2.24, 2.45) is 0 Å². The van der Waals surface area contributed by atoms with Crippen molar-refractivity contribution < 1.29 is 4.79 Å². The highest BCUT2D eigenvalue weighted by atomic mass is 16.2. The Morgan fingerprint density at radius 2 is 1.86 bits per heavy atom. The van der Waals surface area contributed by atoms with Gasteiger partial charge in [-0.15, -0.1) is 0 Å². The van der Waals surface area contributed by atoms with E-state index in [9.17, 15) is 4.79 Å². The van der Waals surface area contributed by atoms with E-state index in [2.05, 4.69) is 11.8 Å². The van der Waals surface area contributed by atoms with Crippen LogP contribution in [0.5, 0.6) is 0 Å². The molecule has 0 radical (unpaired) electrons. The zero-order valence-corrected chi connectivity index (χ0v) is 9.79. The summed E-state index contributed by atoms with van der Waals surface area (Å²) >= 11 is 0. The molecule has 0 saturated heterocycles. The largest absolute Gasteiger partial charge is 0.338 e. The van der Waals surface area contributed by atoms with Gasteiger partial charge in [0.1, 0.15) is 0 Å². The third-order valence-corrected chi connectivity index (χ3v) is 1.93. The zero-order chi connectivity index (χ0) is 11.0. The molecule has 0 bridgehead atoms. The van der Waals surface area contributed by atoms with Gasteiger partial charge in [0.25, 0.3) is 0 Å². The van der Waals surface area contributed by atoms with E-state index in [-0.39, 0.29) is 5.91 Å². The minimum Gasteiger partial charge on any atom is -0.338 e. The average molecular weight is 198 g/mol. The number of carbonyl (C=O) groups is 1. The fourth-order valence-corrected chi connectivity index (χ4v) is 1.17. The summed E-state index contributed by atoms with van der Waals surface area (Å²) in [6.45, 7) is 6.53. The number of nitrogens with zero attached hydrogens (tertiary/aromatic N) is 2. The molecule has 0 heterocycles. The first-order valence-corrected chi connectivity index (χ1v) is 5.18. The molecule has 0 aliphatic rings. The standard InChI is InChI=1S/C11H22N2O/c1-5-7-11(14)13(8-6-2)10-9-12(3)4/h5,7H,6,8-10H2,1-4H3. The van der Waals surface area contributed by atoms with Crippen molar-refractivity contribution in [1.29, 1.82) is 0 Å². The number of hydrogen-bond donors (Lipinski definition) is 0. The first-order chi connectivity index (χ1) is 6.61. The number of carbonyl (C=O) groups excluding carboxylic acids is 1. The number of allylic oxidation sites excluding steroid dienone is 1. The molecule has 0 aliphatic heterocycles. The molecule has 0 N–H and O–H groups in total. The molecule has 0 aromatic heterocycles. The summed E-state index contributed by atoms with van der Waals surface area (Å²) in [7, 11) is 4.04. The number of likely N-dealkylation sites (N-methyl/N-ethyl adjacent to an activating group) is 1. The van der Waals surface area contributed by atoms with E-state index < -0.39 is 0 Å². The molecule has 0 aliphatic carbocycles. The number of amides is 1. The van der Waals surface area contributed by atoms with Crippen molar-refractivity contribution in [2.75, 3.05) is 33.7 Å². The topological polar surface area (TPSA) is 23.6 Å². The lowest BCUT2D eigenvalue weighted by Gasteiger charge is -2.22. The Morgan fingerprint density at radius 3 is 2.29 bits per heavy atom. The normalized spacial score (nSPS) is 11.2. The molecule has 14 heavy (non-hydrogen) atoms. The van der Waals surface area contributed by atoms with Crippen LogP contribution in [0.3, 0.4) is 0 Å². The van der Waals surface area contributed by atoms with Crippen LogP contribution in [-0.2, 0) is 4.79 Å². The summed E-state index contributed by atoms with van der Waals surface area (Å²) in [5.41, 5.74) is 0. The molecule has 1 amide bonds. The Morgan fingerprint density at radius 1 is 1.21 bits per heavy atom.